The van der Waals surface area contributed by atoms with Crippen molar-refractivity contribution in [2.45, 2.75) is 56.5 Å². The van der Waals surface area contributed by atoms with Crippen molar-refractivity contribution in [3.8, 4) is 0 Å². The number of amides is 2. The molecule has 0 spiro atoms. The van der Waals surface area contributed by atoms with E-state index >= 15 is 0 Å². The van der Waals surface area contributed by atoms with E-state index in [-0.39, 0.29) is 29.1 Å². The molecule has 3 unspecified atom stereocenters. The lowest BCUT2D eigenvalue weighted by Crippen LogP contribution is -2.52. The molecule has 0 aliphatic carbocycles. The van der Waals surface area contributed by atoms with Crippen LogP contribution in [0, 0.1) is 0 Å². The van der Waals surface area contributed by atoms with E-state index in [1.807, 2.05) is 13.8 Å². The highest BCUT2D eigenvalue weighted by atomic mass is 32.2. The summed E-state index contributed by atoms with van der Waals surface area (Å²) in [4.78, 5) is 36.4. The summed E-state index contributed by atoms with van der Waals surface area (Å²) < 4.78 is 0. The first-order valence-electron chi connectivity index (χ1n) is 6.85. The third kappa shape index (κ3) is 2.77. The SMILES string of the molecule is CCC(CC(=O)O)NC(=O)C1CSC2(C)CCC(=O)N12. The summed E-state index contributed by atoms with van der Waals surface area (Å²) in [7, 11) is 0. The highest BCUT2D eigenvalue weighted by Crippen LogP contribution is 2.47. The summed E-state index contributed by atoms with van der Waals surface area (Å²) in [6.07, 6.45) is 1.72. The van der Waals surface area contributed by atoms with Gasteiger partial charge in [-0.2, -0.15) is 0 Å². The summed E-state index contributed by atoms with van der Waals surface area (Å²) in [6, 6.07) is -0.850. The molecule has 2 aliphatic rings. The normalized spacial score (nSPS) is 30.2. The minimum absolute atomic E-state index is 0.0175. The first kappa shape index (κ1) is 15.2. The zero-order valence-corrected chi connectivity index (χ0v) is 12.5. The van der Waals surface area contributed by atoms with Gasteiger partial charge in [0.05, 0.1) is 11.3 Å². The van der Waals surface area contributed by atoms with Gasteiger partial charge in [-0.3, -0.25) is 14.4 Å². The van der Waals surface area contributed by atoms with Crippen LogP contribution >= 0.6 is 11.8 Å². The molecule has 2 aliphatic heterocycles. The number of nitrogens with one attached hydrogen (secondary N) is 1. The van der Waals surface area contributed by atoms with E-state index in [9.17, 15) is 14.4 Å². The maximum Gasteiger partial charge on any atom is 0.305 e. The van der Waals surface area contributed by atoms with Gasteiger partial charge < -0.3 is 15.3 Å². The van der Waals surface area contributed by atoms with Crippen LogP contribution in [0.3, 0.4) is 0 Å². The van der Waals surface area contributed by atoms with Gasteiger partial charge in [-0.1, -0.05) is 6.92 Å². The van der Waals surface area contributed by atoms with Crippen LogP contribution in [0.25, 0.3) is 0 Å². The number of hydrogen-bond acceptors (Lipinski definition) is 4. The van der Waals surface area contributed by atoms with Crippen LogP contribution in [0.5, 0.6) is 0 Å². The Morgan fingerprint density at radius 2 is 2.30 bits per heavy atom. The second-order valence-electron chi connectivity index (χ2n) is 5.48. The average Bonchev–Trinajstić information content (AvgIpc) is 2.85. The molecule has 6 nitrogen and oxygen atoms in total. The highest BCUT2D eigenvalue weighted by Gasteiger charge is 2.52. The standard InChI is InChI=1S/C13H20N2O4S/c1-3-8(6-11(17)18)14-12(19)9-7-20-13(2)5-4-10(16)15(9)13/h8-9H,3-7H2,1-2H3,(H,14,19)(H,17,18). The molecule has 20 heavy (non-hydrogen) atoms. The van der Waals surface area contributed by atoms with Crippen molar-refractivity contribution in [2.75, 3.05) is 5.75 Å². The van der Waals surface area contributed by atoms with Crippen LogP contribution in [-0.2, 0) is 14.4 Å². The van der Waals surface area contributed by atoms with Crippen molar-refractivity contribution >= 4 is 29.5 Å². The molecule has 3 atom stereocenters. The number of carboxylic acids is 1. The molecule has 0 aromatic heterocycles. The fourth-order valence-corrected chi connectivity index (χ4v) is 4.25. The summed E-state index contributed by atoms with van der Waals surface area (Å²) in [5.41, 5.74) is 0. The van der Waals surface area contributed by atoms with E-state index in [4.69, 9.17) is 5.11 Å². The summed E-state index contributed by atoms with van der Waals surface area (Å²) >= 11 is 1.63. The van der Waals surface area contributed by atoms with Crippen molar-refractivity contribution in [2.24, 2.45) is 0 Å². The summed E-state index contributed by atoms with van der Waals surface area (Å²) in [5, 5.41) is 11.6. The second-order valence-corrected chi connectivity index (χ2v) is 6.98. The molecule has 2 fully saturated rings. The van der Waals surface area contributed by atoms with Gasteiger partial charge in [-0.05, 0) is 19.8 Å². The molecule has 2 heterocycles. The van der Waals surface area contributed by atoms with E-state index in [1.54, 1.807) is 16.7 Å². The minimum Gasteiger partial charge on any atom is -0.481 e. The molecule has 0 aromatic rings. The number of carbonyl (C=O) groups excluding carboxylic acids is 2. The Kier molecular flexibility index (Phi) is 4.27. The fraction of sp³-hybridized carbons (Fsp3) is 0.769. The molecular formula is C13H20N2O4S. The van der Waals surface area contributed by atoms with Crippen molar-refractivity contribution in [3.63, 3.8) is 0 Å². The molecule has 2 amide bonds. The van der Waals surface area contributed by atoms with Crippen LogP contribution in [-0.4, -0.2) is 50.5 Å². The quantitative estimate of drug-likeness (QED) is 0.784. The summed E-state index contributed by atoms with van der Waals surface area (Å²) in [5.74, 6) is -0.564. The number of hydrogen-bond donors (Lipinski definition) is 2. The lowest BCUT2D eigenvalue weighted by atomic mass is 10.1. The fourth-order valence-electron chi connectivity index (χ4n) is 2.82. The lowest BCUT2D eigenvalue weighted by Gasteiger charge is -2.30. The number of carboxylic acid groups (broad SMARTS) is 1. The predicted octanol–water partition coefficient (Wildman–Crippen LogP) is 0.810. The van der Waals surface area contributed by atoms with Gasteiger partial charge in [0.1, 0.15) is 6.04 Å². The second kappa shape index (κ2) is 5.63. The van der Waals surface area contributed by atoms with Crippen LogP contribution < -0.4 is 5.32 Å². The Balaban J connectivity index is 2.02. The third-order valence-electron chi connectivity index (χ3n) is 4.01. The van der Waals surface area contributed by atoms with Gasteiger partial charge in [0.25, 0.3) is 0 Å². The molecule has 0 aromatic carbocycles. The highest BCUT2D eigenvalue weighted by molar-refractivity contribution is 8.01. The lowest BCUT2D eigenvalue weighted by molar-refractivity contribution is -0.140. The maximum atomic E-state index is 12.3. The third-order valence-corrected chi connectivity index (χ3v) is 5.51. The largest absolute Gasteiger partial charge is 0.481 e. The molecule has 7 heteroatoms. The smallest absolute Gasteiger partial charge is 0.305 e. The van der Waals surface area contributed by atoms with Gasteiger partial charge in [0, 0.05) is 18.2 Å². The number of aliphatic carboxylic acids is 1. The Morgan fingerprint density at radius 1 is 1.60 bits per heavy atom. The van der Waals surface area contributed by atoms with E-state index < -0.39 is 12.0 Å². The van der Waals surface area contributed by atoms with Crippen molar-refractivity contribution in [3.05, 3.63) is 0 Å². The molecule has 0 radical (unpaired) electrons. The van der Waals surface area contributed by atoms with E-state index in [1.165, 1.54) is 0 Å². The maximum absolute atomic E-state index is 12.3. The topological polar surface area (TPSA) is 86.7 Å². The Hall–Kier alpha value is -1.24. The number of carbonyl (C=O) groups is 3. The zero-order valence-electron chi connectivity index (χ0n) is 11.7. The Bertz CT molecular complexity index is 442. The number of rotatable bonds is 5. The van der Waals surface area contributed by atoms with E-state index in [0.717, 1.165) is 6.42 Å². The van der Waals surface area contributed by atoms with Crippen LogP contribution in [0.4, 0.5) is 0 Å². The number of nitrogens with zero attached hydrogens (tertiary/aromatic N) is 1. The van der Waals surface area contributed by atoms with Crippen molar-refractivity contribution in [1.82, 2.24) is 10.2 Å². The molecule has 0 saturated carbocycles. The molecular weight excluding hydrogens is 280 g/mol. The Morgan fingerprint density at radius 3 is 2.90 bits per heavy atom. The molecule has 112 valence electrons. The number of fused-ring (bicyclic) bond motifs is 1. The molecule has 0 bridgehead atoms. The van der Waals surface area contributed by atoms with Crippen molar-refractivity contribution in [1.29, 1.82) is 0 Å². The van der Waals surface area contributed by atoms with Gasteiger partial charge in [-0.25, -0.2) is 0 Å². The number of thioether (sulfide) groups is 1. The van der Waals surface area contributed by atoms with E-state index in [2.05, 4.69) is 5.32 Å². The average molecular weight is 300 g/mol. The first-order chi connectivity index (χ1) is 9.37. The van der Waals surface area contributed by atoms with Gasteiger partial charge in [-0.15, -0.1) is 11.8 Å². The predicted molar refractivity (Wildman–Crippen MR) is 75.2 cm³/mol. The minimum atomic E-state index is -0.931. The van der Waals surface area contributed by atoms with E-state index in [0.29, 0.717) is 18.6 Å². The van der Waals surface area contributed by atoms with Gasteiger partial charge in [0.15, 0.2) is 0 Å². The Labute approximate surface area is 122 Å². The van der Waals surface area contributed by atoms with Crippen LogP contribution in [0.2, 0.25) is 0 Å². The van der Waals surface area contributed by atoms with Crippen LogP contribution in [0.1, 0.15) is 39.5 Å². The molecule has 2 N–H and O–H groups in total. The molecule has 2 rings (SSSR count). The van der Waals surface area contributed by atoms with Gasteiger partial charge in [0.2, 0.25) is 11.8 Å². The zero-order chi connectivity index (χ0) is 14.9. The van der Waals surface area contributed by atoms with Crippen LogP contribution in [0.15, 0.2) is 0 Å². The summed E-state index contributed by atoms with van der Waals surface area (Å²) in [6.45, 7) is 3.83. The van der Waals surface area contributed by atoms with Crippen molar-refractivity contribution < 1.29 is 19.5 Å². The molecule has 2 saturated heterocycles. The van der Waals surface area contributed by atoms with Gasteiger partial charge >= 0.3 is 5.97 Å². The monoisotopic (exact) mass is 300 g/mol. The first-order valence-corrected chi connectivity index (χ1v) is 7.84.